The van der Waals surface area contributed by atoms with Crippen LogP contribution in [0.15, 0.2) is 48.5 Å². The first kappa shape index (κ1) is 19.7. The summed E-state index contributed by atoms with van der Waals surface area (Å²) >= 11 is 0. The minimum Gasteiger partial charge on any atom is -0.406 e. The van der Waals surface area contributed by atoms with Gasteiger partial charge in [0.15, 0.2) is 0 Å². The van der Waals surface area contributed by atoms with Crippen LogP contribution in [0, 0.1) is 0 Å². The molecule has 30 heavy (non-hydrogen) atoms. The summed E-state index contributed by atoms with van der Waals surface area (Å²) in [5.74, 6) is -1.76. The van der Waals surface area contributed by atoms with Crippen LogP contribution in [0.5, 0.6) is 5.75 Å². The molecule has 0 saturated carbocycles. The van der Waals surface area contributed by atoms with Crippen molar-refractivity contribution in [3.05, 3.63) is 59.7 Å². The average Bonchev–Trinajstić information content (AvgIpc) is 3.14. The monoisotopic (exact) mass is 419 g/mol. The van der Waals surface area contributed by atoms with E-state index in [1.54, 1.807) is 12.1 Å². The molecule has 2 aromatic rings. The highest BCUT2D eigenvalue weighted by atomic mass is 19.4. The van der Waals surface area contributed by atoms with Crippen molar-refractivity contribution in [1.29, 1.82) is 0 Å². The Balaban J connectivity index is 1.46. The van der Waals surface area contributed by atoms with Crippen LogP contribution in [-0.4, -0.2) is 35.7 Å². The number of anilines is 1. The first-order valence-electron chi connectivity index (χ1n) is 9.06. The SMILES string of the molecule is O=C(CN1C(=O)NC2(CCc3ccccc32)C1=O)Nc1cccc(OC(F)(F)F)c1. The predicted molar refractivity (Wildman–Crippen MR) is 98.4 cm³/mol. The van der Waals surface area contributed by atoms with Crippen LogP contribution in [-0.2, 0) is 21.5 Å². The van der Waals surface area contributed by atoms with E-state index in [1.165, 1.54) is 12.1 Å². The number of alkyl halides is 3. The Morgan fingerprint density at radius 2 is 1.93 bits per heavy atom. The lowest BCUT2D eigenvalue weighted by Crippen LogP contribution is -2.43. The van der Waals surface area contributed by atoms with Crippen molar-refractivity contribution < 1.29 is 32.3 Å². The number of carbonyl (C=O) groups is 3. The van der Waals surface area contributed by atoms with E-state index in [0.717, 1.165) is 22.6 Å². The molecule has 0 radical (unpaired) electrons. The maximum absolute atomic E-state index is 13.0. The van der Waals surface area contributed by atoms with Gasteiger partial charge in [0.2, 0.25) is 5.91 Å². The van der Waals surface area contributed by atoms with Crippen LogP contribution in [0.4, 0.5) is 23.7 Å². The Morgan fingerprint density at radius 1 is 1.17 bits per heavy atom. The molecule has 1 aliphatic carbocycles. The zero-order valence-electron chi connectivity index (χ0n) is 15.5. The van der Waals surface area contributed by atoms with E-state index in [2.05, 4.69) is 15.4 Å². The molecule has 1 spiro atoms. The normalized spacial score (nSPS) is 20.3. The summed E-state index contributed by atoms with van der Waals surface area (Å²) in [4.78, 5) is 38.6. The molecule has 1 fully saturated rings. The van der Waals surface area contributed by atoms with Gasteiger partial charge in [-0.3, -0.25) is 14.5 Å². The van der Waals surface area contributed by atoms with Gasteiger partial charge in [0, 0.05) is 11.8 Å². The van der Waals surface area contributed by atoms with Crippen molar-refractivity contribution in [1.82, 2.24) is 10.2 Å². The quantitative estimate of drug-likeness (QED) is 0.746. The summed E-state index contributed by atoms with van der Waals surface area (Å²) in [6.45, 7) is -0.570. The molecule has 2 N–H and O–H groups in total. The molecular weight excluding hydrogens is 403 g/mol. The molecule has 0 bridgehead atoms. The fourth-order valence-corrected chi connectivity index (χ4v) is 3.85. The van der Waals surface area contributed by atoms with Crippen molar-refractivity contribution in [3.63, 3.8) is 0 Å². The molecule has 1 aliphatic heterocycles. The standard InChI is InChI=1S/C20H16F3N3O4/c21-20(22,23)30-14-6-3-5-13(10-14)24-16(27)11-26-17(28)19(25-18(26)29)9-8-12-4-1-2-7-15(12)19/h1-7,10H,8-9,11H2,(H,24,27)(H,25,29). The summed E-state index contributed by atoms with van der Waals surface area (Å²) in [6.07, 6.45) is -3.85. The molecule has 4 amide bonds. The lowest BCUT2D eigenvalue weighted by atomic mass is 9.92. The molecular formula is C20H16F3N3O4. The predicted octanol–water partition coefficient (Wildman–Crippen LogP) is 2.92. The Morgan fingerprint density at radius 3 is 2.70 bits per heavy atom. The number of fused-ring (bicyclic) bond motifs is 2. The Bertz CT molecular complexity index is 1040. The van der Waals surface area contributed by atoms with Gasteiger partial charge in [0.05, 0.1) is 0 Å². The number of aryl methyl sites for hydroxylation is 1. The van der Waals surface area contributed by atoms with Gasteiger partial charge in [-0.25, -0.2) is 4.79 Å². The molecule has 1 saturated heterocycles. The number of urea groups is 1. The van der Waals surface area contributed by atoms with Crippen molar-refractivity contribution in [2.24, 2.45) is 0 Å². The van der Waals surface area contributed by atoms with E-state index >= 15 is 0 Å². The second-order valence-corrected chi connectivity index (χ2v) is 7.01. The molecule has 1 heterocycles. The third-order valence-electron chi connectivity index (χ3n) is 5.08. The number of halogens is 3. The molecule has 4 rings (SSSR count). The van der Waals surface area contributed by atoms with Gasteiger partial charge in [0.1, 0.15) is 17.8 Å². The van der Waals surface area contributed by atoms with Gasteiger partial charge in [-0.1, -0.05) is 30.3 Å². The van der Waals surface area contributed by atoms with Gasteiger partial charge in [0.25, 0.3) is 5.91 Å². The summed E-state index contributed by atoms with van der Waals surface area (Å²) in [7, 11) is 0. The van der Waals surface area contributed by atoms with Gasteiger partial charge < -0.3 is 15.4 Å². The van der Waals surface area contributed by atoms with E-state index in [-0.39, 0.29) is 5.69 Å². The first-order chi connectivity index (χ1) is 14.2. The van der Waals surface area contributed by atoms with Crippen LogP contribution in [0.2, 0.25) is 0 Å². The number of benzene rings is 2. The largest absolute Gasteiger partial charge is 0.573 e. The molecule has 1 atom stereocenters. The lowest BCUT2D eigenvalue weighted by Gasteiger charge is -2.22. The molecule has 1 unspecified atom stereocenters. The van der Waals surface area contributed by atoms with Crippen LogP contribution in [0.3, 0.4) is 0 Å². The number of hydrogen-bond acceptors (Lipinski definition) is 4. The number of carbonyl (C=O) groups excluding carboxylic acids is 3. The van der Waals surface area contributed by atoms with Gasteiger partial charge in [-0.15, -0.1) is 13.2 Å². The van der Waals surface area contributed by atoms with Crippen molar-refractivity contribution >= 4 is 23.5 Å². The molecule has 10 heteroatoms. The number of nitrogens with zero attached hydrogens (tertiary/aromatic N) is 1. The Kier molecular flexibility index (Phi) is 4.64. The number of amides is 4. The summed E-state index contributed by atoms with van der Waals surface area (Å²) in [6, 6.07) is 11.3. The van der Waals surface area contributed by atoms with Crippen LogP contribution >= 0.6 is 0 Å². The van der Waals surface area contributed by atoms with Crippen molar-refractivity contribution in [3.8, 4) is 5.75 Å². The number of imide groups is 1. The van der Waals surface area contributed by atoms with E-state index in [4.69, 9.17) is 0 Å². The summed E-state index contributed by atoms with van der Waals surface area (Å²) in [5, 5.41) is 5.08. The number of hydrogen-bond donors (Lipinski definition) is 2. The molecule has 2 aromatic carbocycles. The minimum atomic E-state index is -4.87. The number of rotatable bonds is 4. The van der Waals surface area contributed by atoms with Gasteiger partial charge in [-0.2, -0.15) is 0 Å². The molecule has 0 aromatic heterocycles. The number of ether oxygens (including phenoxy) is 1. The smallest absolute Gasteiger partial charge is 0.406 e. The van der Waals surface area contributed by atoms with Crippen LogP contribution in [0.1, 0.15) is 17.5 Å². The average molecular weight is 419 g/mol. The molecule has 156 valence electrons. The Hall–Kier alpha value is -3.56. The highest BCUT2D eigenvalue weighted by molar-refractivity contribution is 6.10. The van der Waals surface area contributed by atoms with Crippen LogP contribution in [0.25, 0.3) is 0 Å². The van der Waals surface area contributed by atoms with E-state index in [1.807, 2.05) is 12.1 Å². The second kappa shape index (κ2) is 7.05. The minimum absolute atomic E-state index is 0.0368. The highest BCUT2D eigenvalue weighted by Crippen LogP contribution is 2.41. The lowest BCUT2D eigenvalue weighted by molar-refractivity contribution is -0.274. The maximum atomic E-state index is 13.0. The zero-order chi connectivity index (χ0) is 21.5. The maximum Gasteiger partial charge on any atom is 0.573 e. The topological polar surface area (TPSA) is 87.7 Å². The van der Waals surface area contributed by atoms with E-state index in [9.17, 15) is 27.6 Å². The molecule has 7 nitrogen and oxygen atoms in total. The first-order valence-corrected chi connectivity index (χ1v) is 9.06. The van der Waals surface area contributed by atoms with Gasteiger partial charge >= 0.3 is 12.4 Å². The van der Waals surface area contributed by atoms with E-state index < -0.39 is 42.0 Å². The Labute approximate surface area is 168 Å². The van der Waals surface area contributed by atoms with Crippen LogP contribution < -0.4 is 15.4 Å². The fraction of sp³-hybridized carbons (Fsp3) is 0.250. The fourth-order valence-electron chi connectivity index (χ4n) is 3.85. The highest BCUT2D eigenvalue weighted by Gasteiger charge is 2.55. The van der Waals surface area contributed by atoms with E-state index in [0.29, 0.717) is 18.4 Å². The third-order valence-corrected chi connectivity index (χ3v) is 5.08. The number of nitrogens with one attached hydrogen (secondary N) is 2. The molecule has 2 aliphatic rings. The second-order valence-electron chi connectivity index (χ2n) is 7.01. The zero-order valence-corrected chi connectivity index (χ0v) is 15.5. The van der Waals surface area contributed by atoms with Crippen molar-refractivity contribution in [2.45, 2.75) is 24.7 Å². The van der Waals surface area contributed by atoms with Crippen molar-refractivity contribution in [2.75, 3.05) is 11.9 Å². The summed E-state index contributed by atoms with van der Waals surface area (Å²) < 4.78 is 40.8. The summed E-state index contributed by atoms with van der Waals surface area (Å²) in [5.41, 5.74) is 0.519. The third kappa shape index (κ3) is 3.56. The van der Waals surface area contributed by atoms with Gasteiger partial charge in [-0.05, 0) is 36.1 Å².